The monoisotopic (exact) mass is 297 g/mol. The van der Waals surface area contributed by atoms with E-state index >= 15 is 0 Å². The highest BCUT2D eigenvalue weighted by Gasteiger charge is 2.36. The van der Waals surface area contributed by atoms with Gasteiger partial charge in [-0.05, 0) is 42.9 Å². The van der Waals surface area contributed by atoms with Crippen molar-refractivity contribution in [3.8, 4) is 6.07 Å². The Morgan fingerprint density at radius 2 is 2.05 bits per heavy atom. The zero-order valence-corrected chi connectivity index (χ0v) is 13.1. The molecule has 0 spiro atoms. The van der Waals surface area contributed by atoms with Crippen molar-refractivity contribution in [2.75, 3.05) is 13.1 Å². The SMILES string of the molecule is C[C@@H]1CN(C(=O)C2CC2)CC[C@H]1NCc1ccc(C#N)cc1. The number of hydrogen-bond acceptors (Lipinski definition) is 3. The summed E-state index contributed by atoms with van der Waals surface area (Å²) in [4.78, 5) is 14.2. The maximum absolute atomic E-state index is 12.1. The van der Waals surface area contributed by atoms with Crippen LogP contribution in [0.4, 0.5) is 0 Å². The second kappa shape index (κ2) is 6.50. The Bertz CT molecular complexity index is 571. The van der Waals surface area contributed by atoms with E-state index in [4.69, 9.17) is 5.26 Å². The van der Waals surface area contributed by atoms with Gasteiger partial charge in [-0.1, -0.05) is 19.1 Å². The first-order valence-electron chi connectivity index (χ1n) is 8.18. The molecule has 0 unspecified atom stereocenters. The molecule has 0 bridgehead atoms. The molecule has 0 radical (unpaired) electrons. The van der Waals surface area contributed by atoms with Crippen molar-refractivity contribution in [2.24, 2.45) is 11.8 Å². The van der Waals surface area contributed by atoms with Crippen molar-refractivity contribution in [3.63, 3.8) is 0 Å². The number of nitrogens with one attached hydrogen (secondary N) is 1. The van der Waals surface area contributed by atoms with E-state index in [0.29, 0.717) is 29.3 Å². The maximum atomic E-state index is 12.1. The highest BCUT2D eigenvalue weighted by molar-refractivity contribution is 5.81. The van der Waals surface area contributed by atoms with E-state index in [1.165, 1.54) is 5.56 Å². The lowest BCUT2D eigenvalue weighted by Crippen LogP contribution is -2.50. The van der Waals surface area contributed by atoms with E-state index in [-0.39, 0.29) is 0 Å². The average molecular weight is 297 g/mol. The molecule has 2 atom stereocenters. The summed E-state index contributed by atoms with van der Waals surface area (Å²) in [6.45, 7) is 4.80. The van der Waals surface area contributed by atoms with Crippen molar-refractivity contribution in [1.82, 2.24) is 10.2 Å². The highest BCUT2D eigenvalue weighted by atomic mass is 16.2. The third kappa shape index (κ3) is 3.48. The molecular formula is C18H23N3O. The van der Waals surface area contributed by atoms with Crippen LogP contribution >= 0.6 is 0 Å². The van der Waals surface area contributed by atoms with Gasteiger partial charge in [0.1, 0.15) is 0 Å². The largest absolute Gasteiger partial charge is 0.342 e. The second-order valence-corrected chi connectivity index (χ2v) is 6.62. The van der Waals surface area contributed by atoms with Gasteiger partial charge < -0.3 is 10.2 Å². The number of carbonyl (C=O) groups is 1. The Hall–Kier alpha value is -1.86. The minimum Gasteiger partial charge on any atom is -0.342 e. The summed E-state index contributed by atoms with van der Waals surface area (Å²) < 4.78 is 0. The number of likely N-dealkylation sites (tertiary alicyclic amines) is 1. The fourth-order valence-corrected chi connectivity index (χ4v) is 3.18. The molecule has 4 nitrogen and oxygen atoms in total. The zero-order valence-electron chi connectivity index (χ0n) is 13.1. The number of rotatable bonds is 4. The van der Waals surface area contributed by atoms with E-state index in [2.05, 4.69) is 23.2 Å². The van der Waals surface area contributed by atoms with Crippen molar-refractivity contribution in [1.29, 1.82) is 5.26 Å². The molecule has 1 heterocycles. The van der Waals surface area contributed by atoms with Gasteiger partial charge in [0.2, 0.25) is 5.91 Å². The highest BCUT2D eigenvalue weighted by Crippen LogP contribution is 2.32. The summed E-state index contributed by atoms with van der Waals surface area (Å²) in [6, 6.07) is 10.3. The quantitative estimate of drug-likeness (QED) is 0.927. The first kappa shape index (κ1) is 15.1. The molecule has 116 valence electrons. The molecule has 2 fully saturated rings. The summed E-state index contributed by atoms with van der Waals surface area (Å²) in [5.41, 5.74) is 1.90. The van der Waals surface area contributed by atoms with Crippen LogP contribution in [0.5, 0.6) is 0 Å². The van der Waals surface area contributed by atoms with Crippen LogP contribution in [0.1, 0.15) is 37.3 Å². The smallest absolute Gasteiger partial charge is 0.225 e. The normalized spacial score (nSPS) is 24.8. The van der Waals surface area contributed by atoms with Crippen LogP contribution in [0.3, 0.4) is 0 Å². The molecule has 1 amide bonds. The van der Waals surface area contributed by atoms with Gasteiger partial charge in [0.15, 0.2) is 0 Å². The summed E-state index contributed by atoms with van der Waals surface area (Å²) in [5, 5.41) is 12.4. The first-order chi connectivity index (χ1) is 10.7. The number of hydrogen-bond donors (Lipinski definition) is 1. The lowest BCUT2D eigenvalue weighted by molar-refractivity contribution is -0.134. The van der Waals surface area contributed by atoms with Crippen molar-refractivity contribution in [2.45, 2.75) is 38.8 Å². The fraction of sp³-hybridized carbons (Fsp3) is 0.556. The van der Waals surface area contributed by atoms with Gasteiger partial charge in [0.05, 0.1) is 11.6 Å². The molecule has 1 aromatic carbocycles. The maximum Gasteiger partial charge on any atom is 0.225 e. The second-order valence-electron chi connectivity index (χ2n) is 6.62. The number of carbonyl (C=O) groups excluding carboxylic acids is 1. The molecule has 0 aromatic heterocycles. The minimum atomic E-state index is 0.329. The lowest BCUT2D eigenvalue weighted by Gasteiger charge is -2.37. The average Bonchev–Trinajstić information content (AvgIpc) is 3.38. The Morgan fingerprint density at radius 3 is 2.64 bits per heavy atom. The Kier molecular flexibility index (Phi) is 4.44. The van der Waals surface area contributed by atoms with Crippen molar-refractivity contribution in [3.05, 3.63) is 35.4 Å². The minimum absolute atomic E-state index is 0.329. The van der Waals surface area contributed by atoms with E-state index in [1.807, 2.05) is 24.3 Å². The molecule has 1 saturated carbocycles. The van der Waals surface area contributed by atoms with Crippen LogP contribution < -0.4 is 5.32 Å². The summed E-state index contributed by atoms with van der Waals surface area (Å²) in [7, 11) is 0. The van der Waals surface area contributed by atoms with E-state index in [0.717, 1.165) is 38.9 Å². The number of amides is 1. The third-order valence-electron chi connectivity index (χ3n) is 4.79. The number of piperidine rings is 1. The predicted octanol–water partition coefficient (Wildman–Crippen LogP) is 2.29. The molecule has 4 heteroatoms. The van der Waals surface area contributed by atoms with E-state index in [9.17, 15) is 4.79 Å². The number of nitrogens with zero attached hydrogens (tertiary/aromatic N) is 2. The Balaban J connectivity index is 1.49. The van der Waals surface area contributed by atoms with Crippen LogP contribution in [0.25, 0.3) is 0 Å². The molecule has 1 saturated heterocycles. The topological polar surface area (TPSA) is 56.1 Å². The molecule has 2 aliphatic rings. The van der Waals surface area contributed by atoms with Crippen molar-refractivity contribution < 1.29 is 4.79 Å². The standard InChI is InChI=1S/C18H23N3O/c1-13-12-21(18(22)16-6-7-16)9-8-17(13)20-11-15-4-2-14(10-19)3-5-15/h2-5,13,16-17,20H,6-9,11-12H2,1H3/t13-,17-/m1/s1. The third-order valence-corrected chi connectivity index (χ3v) is 4.79. The van der Waals surface area contributed by atoms with Crippen LogP contribution in [0, 0.1) is 23.2 Å². The van der Waals surface area contributed by atoms with Gasteiger partial charge in [-0.15, -0.1) is 0 Å². The molecule has 1 aliphatic carbocycles. The van der Waals surface area contributed by atoms with E-state index in [1.54, 1.807) is 0 Å². The van der Waals surface area contributed by atoms with Gasteiger partial charge in [0, 0.05) is 31.6 Å². The fourth-order valence-electron chi connectivity index (χ4n) is 3.18. The molecule has 22 heavy (non-hydrogen) atoms. The lowest BCUT2D eigenvalue weighted by atomic mass is 9.93. The van der Waals surface area contributed by atoms with Gasteiger partial charge in [-0.25, -0.2) is 0 Å². The van der Waals surface area contributed by atoms with E-state index < -0.39 is 0 Å². The summed E-state index contributed by atoms with van der Waals surface area (Å²) >= 11 is 0. The molecule has 1 N–H and O–H groups in total. The van der Waals surface area contributed by atoms with Crippen LogP contribution in [-0.2, 0) is 11.3 Å². The predicted molar refractivity (Wildman–Crippen MR) is 84.9 cm³/mol. The first-order valence-corrected chi connectivity index (χ1v) is 8.18. The number of nitriles is 1. The van der Waals surface area contributed by atoms with Gasteiger partial charge in [-0.3, -0.25) is 4.79 Å². The van der Waals surface area contributed by atoms with Gasteiger partial charge >= 0.3 is 0 Å². The molecule has 3 rings (SSSR count). The van der Waals surface area contributed by atoms with Gasteiger partial charge in [-0.2, -0.15) is 5.26 Å². The molecule has 1 aliphatic heterocycles. The molecule has 1 aromatic rings. The van der Waals surface area contributed by atoms with Gasteiger partial charge in [0.25, 0.3) is 0 Å². The summed E-state index contributed by atoms with van der Waals surface area (Å²) in [5.74, 6) is 1.18. The van der Waals surface area contributed by atoms with Crippen LogP contribution in [-0.4, -0.2) is 29.9 Å². The number of benzene rings is 1. The van der Waals surface area contributed by atoms with Crippen molar-refractivity contribution >= 4 is 5.91 Å². The Morgan fingerprint density at radius 1 is 1.32 bits per heavy atom. The van der Waals surface area contributed by atoms with Crippen LogP contribution in [0.2, 0.25) is 0 Å². The zero-order chi connectivity index (χ0) is 15.5. The van der Waals surface area contributed by atoms with Crippen LogP contribution in [0.15, 0.2) is 24.3 Å². The summed E-state index contributed by atoms with van der Waals surface area (Å²) in [6.07, 6.45) is 3.20. The Labute approximate surface area is 132 Å². The molecular weight excluding hydrogens is 274 g/mol.